The zero-order valence-corrected chi connectivity index (χ0v) is 7.02. The van der Waals surface area contributed by atoms with Crippen molar-refractivity contribution < 1.29 is 0 Å². The number of aromatic nitrogens is 2. The molecule has 0 aromatic carbocycles. The third-order valence-corrected chi connectivity index (χ3v) is 0.895. The molecular weight excluding hydrogens is 200 g/mol. The van der Waals surface area contributed by atoms with E-state index in [-0.39, 0.29) is 22.5 Å². The standard InChI is InChI=1S/C5H6N2O2.BrH/c1-3-2-4(8)7-5(9)6-3;/h2H,1H3,(H2,6,7,8,9);1H. The van der Waals surface area contributed by atoms with Crippen molar-refractivity contribution in [1.29, 1.82) is 0 Å². The summed E-state index contributed by atoms with van der Waals surface area (Å²) in [5, 5.41) is 0. The van der Waals surface area contributed by atoms with Gasteiger partial charge >= 0.3 is 5.69 Å². The summed E-state index contributed by atoms with van der Waals surface area (Å²) in [7, 11) is 0. The smallest absolute Gasteiger partial charge is 0.312 e. The van der Waals surface area contributed by atoms with Crippen molar-refractivity contribution >= 4 is 17.0 Å². The van der Waals surface area contributed by atoms with E-state index < -0.39 is 5.69 Å². The molecule has 0 aliphatic rings. The summed E-state index contributed by atoms with van der Waals surface area (Å²) in [6, 6.07) is 1.32. The predicted molar refractivity (Wildman–Crippen MR) is 42.7 cm³/mol. The molecule has 2 N–H and O–H groups in total. The first-order valence-corrected chi connectivity index (χ1v) is 2.49. The zero-order valence-electron chi connectivity index (χ0n) is 5.30. The lowest BCUT2D eigenvalue weighted by molar-refractivity contribution is 0.994. The molecular formula is C5H7BrN2O2. The van der Waals surface area contributed by atoms with Crippen LogP contribution in [0.1, 0.15) is 5.69 Å². The third-order valence-electron chi connectivity index (χ3n) is 0.895. The van der Waals surface area contributed by atoms with Gasteiger partial charge in [-0.15, -0.1) is 17.0 Å². The van der Waals surface area contributed by atoms with Crippen molar-refractivity contribution in [3.8, 4) is 0 Å². The average Bonchev–Trinajstić information content (AvgIpc) is 1.59. The van der Waals surface area contributed by atoms with Gasteiger partial charge in [0, 0.05) is 11.8 Å². The van der Waals surface area contributed by atoms with E-state index in [1.165, 1.54) is 6.07 Å². The van der Waals surface area contributed by atoms with Crippen molar-refractivity contribution in [2.24, 2.45) is 0 Å². The number of rotatable bonds is 0. The van der Waals surface area contributed by atoms with Gasteiger partial charge in [-0.2, -0.15) is 0 Å². The number of aryl methyl sites for hydroxylation is 1. The number of hydrogen-bond donors (Lipinski definition) is 2. The van der Waals surface area contributed by atoms with E-state index in [0.29, 0.717) is 5.69 Å². The SMILES string of the molecule is Br.Cc1cc(=O)[nH]c(=O)[nH]1. The van der Waals surface area contributed by atoms with E-state index in [2.05, 4.69) is 4.98 Å². The number of hydrogen-bond acceptors (Lipinski definition) is 2. The molecule has 1 aromatic rings. The first-order valence-electron chi connectivity index (χ1n) is 2.49. The van der Waals surface area contributed by atoms with Crippen molar-refractivity contribution in [3.63, 3.8) is 0 Å². The van der Waals surface area contributed by atoms with Crippen LogP contribution < -0.4 is 11.2 Å². The van der Waals surface area contributed by atoms with Crippen LogP contribution in [0.2, 0.25) is 0 Å². The summed E-state index contributed by atoms with van der Waals surface area (Å²) in [5.41, 5.74) is -0.250. The number of halogens is 1. The molecule has 0 saturated heterocycles. The van der Waals surface area contributed by atoms with Gasteiger partial charge in [-0.3, -0.25) is 9.78 Å². The number of H-pyrrole nitrogens is 2. The Morgan fingerprint density at radius 3 is 2.30 bits per heavy atom. The average molecular weight is 207 g/mol. The predicted octanol–water partition coefficient (Wildman–Crippen LogP) is -0.0505. The maximum absolute atomic E-state index is 10.4. The number of nitrogens with one attached hydrogen (secondary N) is 2. The summed E-state index contributed by atoms with van der Waals surface area (Å²) >= 11 is 0. The van der Waals surface area contributed by atoms with Crippen LogP contribution in [0.3, 0.4) is 0 Å². The van der Waals surface area contributed by atoms with E-state index in [1.807, 2.05) is 4.98 Å². The Morgan fingerprint density at radius 2 is 1.90 bits per heavy atom. The normalized spacial score (nSPS) is 8.50. The third kappa shape index (κ3) is 2.18. The topological polar surface area (TPSA) is 65.7 Å². The lowest BCUT2D eigenvalue weighted by atomic mass is 10.5. The van der Waals surface area contributed by atoms with Crippen molar-refractivity contribution in [2.45, 2.75) is 6.92 Å². The molecule has 1 heterocycles. The van der Waals surface area contributed by atoms with Gasteiger partial charge in [0.05, 0.1) is 0 Å². The van der Waals surface area contributed by atoms with Gasteiger partial charge in [0.25, 0.3) is 5.56 Å². The highest BCUT2D eigenvalue weighted by Gasteiger charge is 1.86. The summed E-state index contributed by atoms with van der Waals surface area (Å²) in [6.07, 6.45) is 0. The second kappa shape index (κ2) is 3.36. The van der Waals surface area contributed by atoms with Crippen molar-refractivity contribution in [1.82, 2.24) is 9.97 Å². The van der Waals surface area contributed by atoms with Gasteiger partial charge in [0.2, 0.25) is 0 Å². The van der Waals surface area contributed by atoms with Crippen molar-refractivity contribution in [2.75, 3.05) is 0 Å². The fraction of sp³-hybridized carbons (Fsp3) is 0.200. The molecule has 0 aliphatic heterocycles. The molecule has 0 saturated carbocycles. The largest absolute Gasteiger partial charge is 0.325 e. The Balaban J connectivity index is 0.000000810. The molecule has 1 aromatic heterocycles. The molecule has 0 atom stereocenters. The van der Waals surface area contributed by atoms with Crippen molar-refractivity contribution in [3.05, 3.63) is 32.6 Å². The minimum Gasteiger partial charge on any atom is -0.312 e. The molecule has 0 radical (unpaired) electrons. The van der Waals surface area contributed by atoms with E-state index in [9.17, 15) is 9.59 Å². The molecule has 1 rings (SSSR count). The molecule has 0 amide bonds. The van der Waals surface area contributed by atoms with Gasteiger partial charge < -0.3 is 4.98 Å². The Bertz CT molecular complexity index is 286. The highest BCUT2D eigenvalue weighted by Crippen LogP contribution is 1.73. The number of aromatic amines is 2. The highest BCUT2D eigenvalue weighted by molar-refractivity contribution is 8.93. The van der Waals surface area contributed by atoms with Crippen LogP contribution >= 0.6 is 17.0 Å². The van der Waals surface area contributed by atoms with E-state index >= 15 is 0 Å². The lowest BCUT2D eigenvalue weighted by Crippen LogP contribution is -2.21. The van der Waals surface area contributed by atoms with E-state index in [4.69, 9.17) is 0 Å². The molecule has 0 fully saturated rings. The Hall–Kier alpha value is -0.840. The second-order valence-electron chi connectivity index (χ2n) is 1.77. The summed E-state index contributed by atoms with van der Waals surface area (Å²) in [6.45, 7) is 1.65. The molecule has 0 bridgehead atoms. The fourth-order valence-corrected chi connectivity index (χ4v) is 0.591. The Morgan fingerprint density at radius 1 is 1.30 bits per heavy atom. The van der Waals surface area contributed by atoms with E-state index in [0.717, 1.165) is 0 Å². The molecule has 5 heteroatoms. The van der Waals surface area contributed by atoms with Crippen LogP contribution in [0.5, 0.6) is 0 Å². The summed E-state index contributed by atoms with van der Waals surface area (Å²) in [5.74, 6) is 0. The fourth-order valence-electron chi connectivity index (χ4n) is 0.591. The minimum atomic E-state index is -0.458. The van der Waals surface area contributed by atoms with Crippen LogP contribution in [0.15, 0.2) is 15.7 Å². The van der Waals surface area contributed by atoms with Crippen LogP contribution in [-0.2, 0) is 0 Å². The van der Waals surface area contributed by atoms with Crippen LogP contribution in [0.4, 0.5) is 0 Å². The quantitative estimate of drug-likeness (QED) is 0.626. The maximum atomic E-state index is 10.4. The van der Waals surface area contributed by atoms with Gasteiger partial charge in [0.1, 0.15) is 0 Å². The van der Waals surface area contributed by atoms with Gasteiger partial charge in [-0.05, 0) is 6.92 Å². The van der Waals surface area contributed by atoms with Gasteiger partial charge in [0.15, 0.2) is 0 Å². The van der Waals surface area contributed by atoms with Crippen LogP contribution in [0, 0.1) is 6.92 Å². The molecule has 56 valence electrons. The van der Waals surface area contributed by atoms with Crippen LogP contribution in [-0.4, -0.2) is 9.97 Å². The van der Waals surface area contributed by atoms with Gasteiger partial charge in [-0.1, -0.05) is 0 Å². The van der Waals surface area contributed by atoms with Crippen LogP contribution in [0.25, 0.3) is 0 Å². The van der Waals surface area contributed by atoms with Gasteiger partial charge in [-0.25, -0.2) is 4.79 Å². The monoisotopic (exact) mass is 206 g/mol. The molecule has 0 unspecified atom stereocenters. The first kappa shape index (κ1) is 9.16. The molecule has 4 nitrogen and oxygen atoms in total. The second-order valence-corrected chi connectivity index (χ2v) is 1.77. The zero-order chi connectivity index (χ0) is 6.85. The molecule has 10 heavy (non-hydrogen) atoms. The molecule has 0 spiro atoms. The Kier molecular flexibility index (Phi) is 3.08. The first-order chi connectivity index (χ1) is 4.18. The summed E-state index contributed by atoms with van der Waals surface area (Å²) < 4.78 is 0. The minimum absolute atomic E-state index is 0. The molecule has 0 aliphatic carbocycles. The lowest BCUT2D eigenvalue weighted by Gasteiger charge is -1.85. The Labute approximate surface area is 67.1 Å². The highest BCUT2D eigenvalue weighted by atomic mass is 79.9. The maximum Gasteiger partial charge on any atom is 0.325 e. The summed E-state index contributed by atoms with van der Waals surface area (Å²) in [4.78, 5) is 25.3. The van der Waals surface area contributed by atoms with E-state index in [1.54, 1.807) is 6.92 Å².